The maximum Gasteiger partial charge on any atom is 0.160 e. The predicted octanol–water partition coefficient (Wildman–Crippen LogP) is 2.15. The van der Waals surface area contributed by atoms with Crippen LogP contribution in [0.25, 0.3) is 0 Å². The average Bonchev–Trinajstić information content (AvgIpc) is 2.92. The van der Waals surface area contributed by atoms with Crippen LogP contribution in [0, 0.1) is 0 Å². The highest BCUT2D eigenvalue weighted by Gasteiger charge is 2.12. The van der Waals surface area contributed by atoms with Gasteiger partial charge in [0.05, 0.1) is 7.11 Å². The van der Waals surface area contributed by atoms with E-state index < -0.39 is 0 Å². The molecule has 106 valence electrons. The zero-order valence-electron chi connectivity index (χ0n) is 11.9. The molecule has 0 aromatic heterocycles. The summed E-state index contributed by atoms with van der Waals surface area (Å²) in [5.41, 5.74) is 1.14. The van der Waals surface area contributed by atoms with Crippen LogP contribution in [-0.4, -0.2) is 43.3 Å². The first-order chi connectivity index (χ1) is 9.20. The van der Waals surface area contributed by atoms with Gasteiger partial charge in [0.1, 0.15) is 0 Å². The summed E-state index contributed by atoms with van der Waals surface area (Å²) in [6, 6.07) is 5.78. The Kier molecular flexibility index (Phi) is 5.05. The minimum Gasteiger partial charge on any atom is -0.504 e. The molecule has 1 aromatic rings. The molecule has 0 aliphatic carbocycles. The van der Waals surface area contributed by atoms with Crippen LogP contribution < -0.4 is 10.1 Å². The Bertz CT molecular complexity index is 403. The number of ether oxygens (including phenoxy) is 1. The first kappa shape index (κ1) is 14.2. The van der Waals surface area contributed by atoms with Crippen molar-refractivity contribution in [3.05, 3.63) is 23.8 Å². The molecule has 1 aromatic carbocycles. The van der Waals surface area contributed by atoms with Crippen molar-refractivity contribution >= 4 is 0 Å². The van der Waals surface area contributed by atoms with Crippen molar-refractivity contribution < 1.29 is 9.84 Å². The lowest BCUT2D eigenvalue weighted by molar-refractivity contribution is 0.329. The second-order valence-corrected chi connectivity index (χ2v) is 5.16. The fourth-order valence-electron chi connectivity index (χ4n) is 2.53. The highest BCUT2D eigenvalue weighted by Crippen LogP contribution is 2.28. The lowest BCUT2D eigenvalue weighted by Gasteiger charge is -2.19. The zero-order valence-corrected chi connectivity index (χ0v) is 11.9. The lowest BCUT2D eigenvalue weighted by Crippen LogP contribution is -2.31. The van der Waals surface area contributed by atoms with Crippen LogP contribution in [0.5, 0.6) is 11.5 Å². The third kappa shape index (κ3) is 3.85. The molecule has 1 unspecified atom stereocenters. The number of rotatable bonds is 6. The van der Waals surface area contributed by atoms with Gasteiger partial charge in [-0.25, -0.2) is 0 Å². The summed E-state index contributed by atoms with van der Waals surface area (Å²) in [5.74, 6) is 0.723. The Morgan fingerprint density at radius 1 is 1.37 bits per heavy atom. The maximum absolute atomic E-state index is 9.58. The van der Waals surface area contributed by atoms with E-state index in [0.29, 0.717) is 5.75 Å². The summed E-state index contributed by atoms with van der Waals surface area (Å²) in [7, 11) is 1.57. The van der Waals surface area contributed by atoms with E-state index in [2.05, 4.69) is 17.1 Å². The molecule has 0 radical (unpaired) electrons. The van der Waals surface area contributed by atoms with Crippen LogP contribution in [0.3, 0.4) is 0 Å². The number of aromatic hydroxyl groups is 1. The number of nitrogens with zero attached hydrogens (tertiary/aromatic N) is 1. The van der Waals surface area contributed by atoms with Crippen molar-refractivity contribution in [1.29, 1.82) is 0 Å². The van der Waals surface area contributed by atoms with Gasteiger partial charge in [-0.2, -0.15) is 0 Å². The van der Waals surface area contributed by atoms with Crippen LogP contribution in [0.4, 0.5) is 0 Å². The van der Waals surface area contributed by atoms with E-state index in [0.717, 1.165) is 18.7 Å². The Morgan fingerprint density at radius 3 is 2.79 bits per heavy atom. The van der Waals surface area contributed by atoms with Crippen molar-refractivity contribution in [3.8, 4) is 11.5 Å². The van der Waals surface area contributed by atoms with E-state index >= 15 is 0 Å². The molecule has 0 spiro atoms. The fraction of sp³-hybridized carbons (Fsp3) is 0.600. The predicted molar refractivity (Wildman–Crippen MR) is 76.8 cm³/mol. The summed E-state index contributed by atoms with van der Waals surface area (Å²) < 4.78 is 5.14. The van der Waals surface area contributed by atoms with Crippen LogP contribution in [-0.2, 0) is 0 Å². The molecular formula is C15H24N2O2. The van der Waals surface area contributed by atoms with Crippen molar-refractivity contribution in [2.45, 2.75) is 25.8 Å². The van der Waals surface area contributed by atoms with Gasteiger partial charge in [0.2, 0.25) is 0 Å². The Morgan fingerprint density at radius 2 is 2.11 bits per heavy atom. The van der Waals surface area contributed by atoms with Crippen LogP contribution in [0.1, 0.15) is 31.4 Å². The van der Waals surface area contributed by atoms with Gasteiger partial charge in [-0.15, -0.1) is 0 Å². The third-order valence-electron chi connectivity index (χ3n) is 3.78. The molecule has 1 heterocycles. The maximum atomic E-state index is 9.58. The number of phenols is 1. The van der Waals surface area contributed by atoms with Gasteiger partial charge in [-0.1, -0.05) is 6.07 Å². The van der Waals surface area contributed by atoms with Gasteiger partial charge in [0, 0.05) is 19.1 Å². The van der Waals surface area contributed by atoms with Crippen LogP contribution >= 0.6 is 0 Å². The van der Waals surface area contributed by atoms with E-state index in [1.807, 2.05) is 12.1 Å². The van der Waals surface area contributed by atoms with E-state index in [-0.39, 0.29) is 11.8 Å². The zero-order chi connectivity index (χ0) is 13.7. The third-order valence-corrected chi connectivity index (χ3v) is 3.78. The highest BCUT2D eigenvalue weighted by molar-refractivity contribution is 5.42. The largest absolute Gasteiger partial charge is 0.504 e. The molecule has 4 heteroatoms. The Labute approximate surface area is 115 Å². The molecular weight excluding hydrogens is 240 g/mol. The number of nitrogens with one attached hydrogen (secondary N) is 1. The summed E-state index contributed by atoms with van der Waals surface area (Å²) in [6.07, 6.45) is 2.68. The van der Waals surface area contributed by atoms with Crippen molar-refractivity contribution in [1.82, 2.24) is 10.2 Å². The number of phenolic OH excluding ortho intramolecular Hbond substituents is 1. The summed E-state index contributed by atoms with van der Waals surface area (Å²) >= 11 is 0. The molecule has 1 aliphatic heterocycles. The van der Waals surface area contributed by atoms with Crippen molar-refractivity contribution in [3.63, 3.8) is 0 Å². The smallest absolute Gasteiger partial charge is 0.160 e. The van der Waals surface area contributed by atoms with Gasteiger partial charge < -0.3 is 20.1 Å². The average molecular weight is 264 g/mol. The molecule has 0 saturated carbocycles. The van der Waals surface area contributed by atoms with Gasteiger partial charge in [-0.3, -0.25) is 0 Å². The molecule has 0 bridgehead atoms. The molecule has 1 fully saturated rings. The van der Waals surface area contributed by atoms with Crippen molar-refractivity contribution in [2.75, 3.05) is 33.3 Å². The van der Waals surface area contributed by atoms with Crippen LogP contribution in [0.2, 0.25) is 0 Å². The summed E-state index contributed by atoms with van der Waals surface area (Å²) in [6.45, 7) is 6.71. The number of hydrogen-bond acceptors (Lipinski definition) is 4. The van der Waals surface area contributed by atoms with Crippen molar-refractivity contribution in [2.24, 2.45) is 0 Å². The SMILES string of the molecule is COc1cc(C(C)NCCN2CCCC2)ccc1O. The molecule has 4 nitrogen and oxygen atoms in total. The molecule has 0 amide bonds. The van der Waals surface area contributed by atoms with Gasteiger partial charge in [0.15, 0.2) is 11.5 Å². The van der Waals surface area contributed by atoms with E-state index in [4.69, 9.17) is 4.74 Å². The van der Waals surface area contributed by atoms with Gasteiger partial charge in [-0.05, 0) is 50.6 Å². The normalized spacial score (nSPS) is 17.6. The Balaban J connectivity index is 1.83. The second kappa shape index (κ2) is 6.78. The number of hydrogen-bond donors (Lipinski definition) is 2. The van der Waals surface area contributed by atoms with Crippen LogP contribution in [0.15, 0.2) is 18.2 Å². The van der Waals surface area contributed by atoms with E-state index in [9.17, 15) is 5.11 Å². The molecule has 1 saturated heterocycles. The molecule has 1 atom stereocenters. The number of benzene rings is 1. The fourth-order valence-corrected chi connectivity index (χ4v) is 2.53. The standard InChI is InChI=1S/C15H24N2O2/c1-12(16-7-10-17-8-3-4-9-17)13-5-6-14(18)15(11-13)19-2/h5-6,11-12,16,18H,3-4,7-10H2,1-2H3. The molecule has 2 N–H and O–H groups in total. The second-order valence-electron chi connectivity index (χ2n) is 5.16. The first-order valence-electron chi connectivity index (χ1n) is 7.03. The minimum absolute atomic E-state index is 0.190. The summed E-state index contributed by atoms with van der Waals surface area (Å²) in [4.78, 5) is 2.50. The van der Waals surface area contributed by atoms with E-state index in [1.54, 1.807) is 13.2 Å². The monoisotopic (exact) mass is 264 g/mol. The van der Waals surface area contributed by atoms with E-state index in [1.165, 1.54) is 25.9 Å². The topological polar surface area (TPSA) is 44.7 Å². The Hall–Kier alpha value is -1.26. The molecule has 19 heavy (non-hydrogen) atoms. The summed E-state index contributed by atoms with van der Waals surface area (Å²) in [5, 5.41) is 13.1. The number of methoxy groups -OCH3 is 1. The first-order valence-corrected chi connectivity index (χ1v) is 7.03. The molecule has 1 aliphatic rings. The van der Waals surface area contributed by atoms with Gasteiger partial charge in [0.25, 0.3) is 0 Å². The van der Waals surface area contributed by atoms with Gasteiger partial charge >= 0.3 is 0 Å². The number of likely N-dealkylation sites (tertiary alicyclic amines) is 1. The molecule has 2 rings (SSSR count). The lowest BCUT2D eigenvalue weighted by atomic mass is 10.1. The minimum atomic E-state index is 0.190. The quantitative estimate of drug-likeness (QED) is 0.826. The highest BCUT2D eigenvalue weighted by atomic mass is 16.5.